The molecule has 0 radical (unpaired) electrons. The Morgan fingerprint density at radius 3 is 2.35 bits per heavy atom. The van der Waals surface area contributed by atoms with Gasteiger partial charge < -0.3 is 15.5 Å². The third kappa shape index (κ3) is 5.22. The van der Waals surface area contributed by atoms with Crippen LogP contribution >= 0.6 is 11.6 Å². The summed E-state index contributed by atoms with van der Waals surface area (Å²) in [6, 6.07) is 13.1. The second-order valence-corrected chi connectivity index (χ2v) is 9.04. The topological polar surface area (TPSA) is 57.3 Å². The Labute approximate surface area is 201 Å². The Morgan fingerprint density at radius 2 is 1.74 bits per heavy atom. The van der Waals surface area contributed by atoms with Gasteiger partial charge in [-0.1, -0.05) is 11.6 Å². The quantitative estimate of drug-likeness (QED) is 0.452. The number of fused-ring (bicyclic) bond motifs is 1. The molecule has 0 saturated heterocycles. The molecule has 180 valence electrons. The highest BCUT2D eigenvalue weighted by molar-refractivity contribution is 6.31. The van der Waals surface area contributed by atoms with Gasteiger partial charge in [0, 0.05) is 53.5 Å². The molecular formula is C25H26ClF3N4O. The molecule has 1 amide bonds. The van der Waals surface area contributed by atoms with E-state index in [1.165, 1.54) is 6.07 Å². The molecule has 4 rings (SSSR count). The number of nitrogens with one attached hydrogen (secondary N) is 2. The van der Waals surface area contributed by atoms with Crippen molar-refractivity contribution in [2.45, 2.75) is 43.9 Å². The zero-order valence-corrected chi connectivity index (χ0v) is 19.7. The molecule has 1 saturated carbocycles. The summed E-state index contributed by atoms with van der Waals surface area (Å²) in [7, 11) is 3.63. The maximum Gasteiger partial charge on any atom is 0.433 e. The lowest BCUT2D eigenvalue weighted by Gasteiger charge is -2.37. The average molecular weight is 491 g/mol. The number of hydrogen-bond acceptors (Lipinski definition) is 4. The lowest BCUT2D eigenvalue weighted by molar-refractivity contribution is -0.140. The zero-order chi connectivity index (χ0) is 24.5. The maximum absolute atomic E-state index is 13.5. The third-order valence-corrected chi connectivity index (χ3v) is 6.67. The van der Waals surface area contributed by atoms with Gasteiger partial charge in [-0.15, -0.1) is 0 Å². The SMILES string of the molecule is CNc1ccc(C(=O)NC2CCC(N(C)c3cc(C(F)(F)F)nc4ccc(Cl)cc34)CC2)cc1. The molecular weight excluding hydrogens is 465 g/mol. The van der Waals surface area contributed by atoms with Crippen molar-refractivity contribution in [1.29, 1.82) is 0 Å². The van der Waals surface area contributed by atoms with Crippen LogP contribution in [0.25, 0.3) is 10.9 Å². The fourth-order valence-corrected chi connectivity index (χ4v) is 4.65. The molecule has 2 aromatic carbocycles. The van der Waals surface area contributed by atoms with Crippen molar-refractivity contribution in [3.05, 3.63) is 64.8 Å². The lowest BCUT2D eigenvalue weighted by atomic mass is 9.89. The average Bonchev–Trinajstić information content (AvgIpc) is 2.83. The predicted molar refractivity (Wildman–Crippen MR) is 130 cm³/mol. The summed E-state index contributed by atoms with van der Waals surface area (Å²) in [5.41, 5.74) is 1.31. The molecule has 0 spiro atoms. The molecule has 1 aromatic heterocycles. The zero-order valence-electron chi connectivity index (χ0n) is 18.9. The van der Waals surface area contributed by atoms with E-state index in [4.69, 9.17) is 11.6 Å². The standard InChI is InChI=1S/C25H26ClF3N4O/c1-30-17-6-3-15(4-7-17)24(34)31-18-8-10-19(11-9-18)33(2)22-14-23(25(27,28)29)32-21-12-5-16(26)13-20(21)22/h3-7,12-14,18-19,30H,8-11H2,1-2H3,(H,31,34). The van der Waals surface area contributed by atoms with Crippen LogP contribution in [0.3, 0.4) is 0 Å². The number of pyridine rings is 1. The number of halogens is 4. The molecule has 3 aromatic rings. The Morgan fingerprint density at radius 1 is 1.06 bits per heavy atom. The van der Waals surface area contributed by atoms with Gasteiger partial charge in [-0.3, -0.25) is 4.79 Å². The van der Waals surface area contributed by atoms with E-state index in [0.29, 0.717) is 21.7 Å². The van der Waals surface area contributed by atoms with Gasteiger partial charge in [0.1, 0.15) is 5.69 Å². The van der Waals surface area contributed by atoms with Crippen LogP contribution in [0, 0.1) is 0 Å². The number of alkyl halides is 3. The number of hydrogen-bond donors (Lipinski definition) is 2. The second kappa shape index (κ2) is 9.70. The van der Waals surface area contributed by atoms with E-state index in [-0.39, 0.29) is 23.5 Å². The van der Waals surface area contributed by atoms with Crippen LogP contribution in [0.15, 0.2) is 48.5 Å². The number of nitrogens with zero attached hydrogens (tertiary/aromatic N) is 2. The minimum atomic E-state index is -4.54. The normalized spacial score (nSPS) is 18.5. The van der Waals surface area contributed by atoms with Crippen LogP contribution in [-0.2, 0) is 6.18 Å². The molecule has 1 fully saturated rings. The Balaban J connectivity index is 1.47. The number of anilines is 2. The first-order valence-corrected chi connectivity index (χ1v) is 11.5. The fourth-order valence-electron chi connectivity index (χ4n) is 4.48. The van der Waals surface area contributed by atoms with Gasteiger partial charge in [-0.2, -0.15) is 13.2 Å². The van der Waals surface area contributed by atoms with Gasteiger partial charge in [0.05, 0.1) is 5.52 Å². The van der Waals surface area contributed by atoms with Crippen LogP contribution in [0.2, 0.25) is 5.02 Å². The first kappa shape index (κ1) is 24.1. The molecule has 0 aliphatic heterocycles. The van der Waals surface area contributed by atoms with Crippen molar-refractivity contribution in [3.63, 3.8) is 0 Å². The molecule has 1 heterocycles. The minimum Gasteiger partial charge on any atom is -0.388 e. The number of rotatable bonds is 5. The van der Waals surface area contributed by atoms with Gasteiger partial charge >= 0.3 is 6.18 Å². The number of carbonyl (C=O) groups excluding carboxylic acids is 1. The van der Waals surface area contributed by atoms with Gasteiger partial charge in [0.15, 0.2) is 0 Å². The van der Waals surface area contributed by atoms with E-state index in [1.54, 1.807) is 24.3 Å². The summed E-state index contributed by atoms with van der Waals surface area (Å²) in [5.74, 6) is -0.121. The Hall–Kier alpha value is -3.00. The van der Waals surface area contributed by atoms with Crippen molar-refractivity contribution >= 4 is 39.8 Å². The third-order valence-electron chi connectivity index (χ3n) is 6.43. The molecule has 0 unspecified atom stereocenters. The van der Waals surface area contributed by atoms with E-state index >= 15 is 0 Å². The molecule has 9 heteroatoms. The van der Waals surface area contributed by atoms with Gasteiger partial charge in [0.2, 0.25) is 0 Å². The molecule has 1 aliphatic rings. The molecule has 0 bridgehead atoms. The van der Waals surface area contributed by atoms with Gasteiger partial charge in [-0.25, -0.2) is 4.98 Å². The van der Waals surface area contributed by atoms with Crippen LogP contribution in [-0.4, -0.2) is 37.1 Å². The highest BCUT2D eigenvalue weighted by Crippen LogP contribution is 2.37. The number of benzene rings is 2. The van der Waals surface area contributed by atoms with Crippen LogP contribution in [0.1, 0.15) is 41.7 Å². The predicted octanol–water partition coefficient (Wildman–Crippen LogP) is 6.13. The molecule has 5 nitrogen and oxygen atoms in total. The van der Waals surface area contributed by atoms with E-state index in [1.807, 2.05) is 31.1 Å². The van der Waals surface area contributed by atoms with Crippen molar-refractivity contribution in [2.75, 3.05) is 24.3 Å². The summed E-state index contributed by atoms with van der Waals surface area (Å²) in [4.78, 5) is 18.3. The van der Waals surface area contributed by atoms with Crippen molar-refractivity contribution in [3.8, 4) is 0 Å². The minimum absolute atomic E-state index is 0.0236. The highest BCUT2D eigenvalue weighted by atomic mass is 35.5. The first-order valence-electron chi connectivity index (χ1n) is 11.1. The number of amides is 1. The summed E-state index contributed by atoms with van der Waals surface area (Å²) < 4.78 is 40.5. The van der Waals surface area contributed by atoms with E-state index in [9.17, 15) is 18.0 Å². The molecule has 0 atom stereocenters. The fraction of sp³-hybridized carbons (Fsp3) is 0.360. The Kier molecular flexibility index (Phi) is 6.89. The molecule has 34 heavy (non-hydrogen) atoms. The maximum atomic E-state index is 13.5. The number of carbonyl (C=O) groups is 1. The van der Waals surface area contributed by atoms with E-state index < -0.39 is 11.9 Å². The summed E-state index contributed by atoms with van der Waals surface area (Å²) in [6.07, 6.45) is -1.58. The highest BCUT2D eigenvalue weighted by Gasteiger charge is 2.34. The molecule has 1 aliphatic carbocycles. The lowest BCUT2D eigenvalue weighted by Crippen LogP contribution is -2.43. The van der Waals surface area contributed by atoms with Gasteiger partial charge in [-0.05, 0) is 74.2 Å². The van der Waals surface area contributed by atoms with Crippen molar-refractivity contribution < 1.29 is 18.0 Å². The van der Waals surface area contributed by atoms with E-state index in [2.05, 4.69) is 15.6 Å². The summed E-state index contributed by atoms with van der Waals surface area (Å²) >= 11 is 6.13. The van der Waals surface area contributed by atoms with Crippen molar-refractivity contribution in [1.82, 2.24) is 10.3 Å². The smallest absolute Gasteiger partial charge is 0.388 e. The second-order valence-electron chi connectivity index (χ2n) is 8.60. The van der Waals surface area contributed by atoms with Crippen molar-refractivity contribution in [2.24, 2.45) is 0 Å². The van der Waals surface area contributed by atoms with Crippen LogP contribution in [0.5, 0.6) is 0 Å². The van der Waals surface area contributed by atoms with Gasteiger partial charge in [0.25, 0.3) is 5.91 Å². The summed E-state index contributed by atoms with van der Waals surface area (Å²) in [5, 5.41) is 7.13. The van der Waals surface area contributed by atoms with E-state index in [0.717, 1.165) is 37.4 Å². The number of aromatic nitrogens is 1. The Bertz CT molecular complexity index is 1180. The van der Waals surface area contributed by atoms with Crippen LogP contribution < -0.4 is 15.5 Å². The largest absolute Gasteiger partial charge is 0.433 e. The van der Waals surface area contributed by atoms with Crippen LogP contribution in [0.4, 0.5) is 24.5 Å². The summed E-state index contributed by atoms with van der Waals surface area (Å²) in [6.45, 7) is 0. The first-order chi connectivity index (χ1) is 16.2. The molecule has 2 N–H and O–H groups in total. The monoisotopic (exact) mass is 490 g/mol.